The molecule has 0 N–H and O–H groups in total. The normalized spacial score (nSPS) is 19.3. The lowest BCUT2D eigenvalue weighted by atomic mass is 10.2. The van der Waals surface area contributed by atoms with Gasteiger partial charge in [-0.1, -0.05) is 5.16 Å². The van der Waals surface area contributed by atoms with Crippen molar-refractivity contribution < 1.29 is 9.32 Å². The zero-order valence-corrected chi connectivity index (χ0v) is 11.7. The van der Waals surface area contributed by atoms with Crippen LogP contribution in [0.5, 0.6) is 0 Å². The molecule has 2 heterocycles. The molecular formula is C12H21N5O2. The van der Waals surface area contributed by atoms with Crippen molar-refractivity contribution >= 4 is 5.91 Å². The molecular weight excluding hydrogens is 246 g/mol. The maximum absolute atomic E-state index is 12.3. The SMILES string of the molecule is CC(C(=O)N(C)Cc1ncon1)N1CCN(C)CC1. The van der Waals surface area contributed by atoms with Gasteiger partial charge in [0, 0.05) is 33.2 Å². The van der Waals surface area contributed by atoms with Gasteiger partial charge in [-0.25, -0.2) is 0 Å². The predicted octanol–water partition coefficient (Wildman–Crippen LogP) is -0.336. The van der Waals surface area contributed by atoms with Gasteiger partial charge in [0.25, 0.3) is 0 Å². The number of nitrogens with zero attached hydrogens (tertiary/aromatic N) is 5. The molecule has 0 aliphatic carbocycles. The van der Waals surface area contributed by atoms with E-state index in [1.807, 2.05) is 6.92 Å². The Hall–Kier alpha value is -1.47. The maximum atomic E-state index is 12.3. The van der Waals surface area contributed by atoms with Crippen LogP contribution in [0.4, 0.5) is 0 Å². The molecule has 2 rings (SSSR count). The summed E-state index contributed by atoms with van der Waals surface area (Å²) in [5.41, 5.74) is 0. The number of rotatable bonds is 4. The van der Waals surface area contributed by atoms with E-state index < -0.39 is 0 Å². The number of hydrogen-bond donors (Lipinski definition) is 0. The van der Waals surface area contributed by atoms with Crippen LogP contribution in [0.1, 0.15) is 12.7 Å². The number of likely N-dealkylation sites (N-methyl/N-ethyl adjacent to an activating group) is 2. The summed E-state index contributed by atoms with van der Waals surface area (Å²) in [6.45, 7) is 6.21. The van der Waals surface area contributed by atoms with Crippen molar-refractivity contribution in [2.45, 2.75) is 19.5 Å². The average molecular weight is 267 g/mol. The molecule has 7 heteroatoms. The largest absolute Gasteiger partial charge is 0.343 e. The van der Waals surface area contributed by atoms with Crippen molar-refractivity contribution in [3.63, 3.8) is 0 Å². The highest BCUT2D eigenvalue weighted by Gasteiger charge is 2.26. The molecule has 1 aliphatic heterocycles. The lowest BCUT2D eigenvalue weighted by Crippen LogP contribution is -2.53. The molecule has 106 valence electrons. The number of piperazine rings is 1. The molecule has 1 unspecified atom stereocenters. The highest BCUT2D eigenvalue weighted by Crippen LogP contribution is 2.08. The van der Waals surface area contributed by atoms with E-state index in [-0.39, 0.29) is 11.9 Å². The van der Waals surface area contributed by atoms with E-state index in [1.54, 1.807) is 11.9 Å². The first-order valence-electron chi connectivity index (χ1n) is 6.50. The van der Waals surface area contributed by atoms with Crippen LogP contribution in [0.3, 0.4) is 0 Å². The molecule has 1 aromatic rings. The average Bonchev–Trinajstić information content (AvgIpc) is 2.90. The highest BCUT2D eigenvalue weighted by atomic mass is 16.5. The first-order chi connectivity index (χ1) is 9.08. The summed E-state index contributed by atoms with van der Waals surface area (Å²) >= 11 is 0. The number of carbonyl (C=O) groups excluding carboxylic acids is 1. The van der Waals surface area contributed by atoms with Crippen molar-refractivity contribution in [1.82, 2.24) is 24.8 Å². The number of aromatic nitrogens is 2. The van der Waals surface area contributed by atoms with E-state index in [2.05, 4.69) is 31.5 Å². The molecule has 19 heavy (non-hydrogen) atoms. The Balaban J connectivity index is 1.87. The zero-order chi connectivity index (χ0) is 13.8. The lowest BCUT2D eigenvalue weighted by Gasteiger charge is -2.36. The molecule has 1 saturated heterocycles. The Morgan fingerprint density at radius 1 is 1.47 bits per heavy atom. The Bertz CT molecular complexity index is 400. The summed E-state index contributed by atoms with van der Waals surface area (Å²) in [4.78, 5) is 22.4. The molecule has 1 aromatic heterocycles. The van der Waals surface area contributed by atoms with Gasteiger partial charge in [0.1, 0.15) is 0 Å². The molecule has 1 amide bonds. The minimum Gasteiger partial charge on any atom is -0.343 e. The van der Waals surface area contributed by atoms with Crippen molar-refractivity contribution in [3.05, 3.63) is 12.2 Å². The Labute approximate surface area is 113 Å². The van der Waals surface area contributed by atoms with Crippen LogP contribution < -0.4 is 0 Å². The summed E-state index contributed by atoms with van der Waals surface area (Å²) in [6.07, 6.45) is 1.28. The maximum Gasteiger partial charge on any atom is 0.239 e. The fourth-order valence-corrected chi connectivity index (χ4v) is 2.24. The Kier molecular flexibility index (Phi) is 4.49. The lowest BCUT2D eigenvalue weighted by molar-refractivity contribution is -0.136. The van der Waals surface area contributed by atoms with E-state index in [4.69, 9.17) is 0 Å². The third-order valence-corrected chi connectivity index (χ3v) is 3.60. The molecule has 0 radical (unpaired) electrons. The predicted molar refractivity (Wildman–Crippen MR) is 69.3 cm³/mol. The number of amides is 1. The van der Waals surface area contributed by atoms with Crippen LogP contribution in [-0.4, -0.2) is 77.1 Å². The smallest absolute Gasteiger partial charge is 0.239 e. The van der Waals surface area contributed by atoms with Crippen LogP contribution in [0.25, 0.3) is 0 Å². The second-order valence-electron chi connectivity index (χ2n) is 5.06. The summed E-state index contributed by atoms with van der Waals surface area (Å²) in [5.74, 6) is 0.621. The minimum absolute atomic E-state index is 0.0920. The first kappa shape index (κ1) is 14.0. The van der Waals surface area contributed by atoms with E-state index in [0.29, 0.717) is 12.4 Å². The number of carbonyl (C=O) groups is 1. The van der Waals surface area contributed by atoms with Gasteiger partial charge in [-0.2, -0.15) is 4.98 Å². The topological polar surface area (TPSA) is 65.7 Å². The Morgan fingerprint density at radius 2 is 2.16 bits per heavy atom. The first-order valence-corrected chi connectivity index (χ1v) is 6.50. The summed E-state index contributed by atoms with van der Waals surface area (Å²) < 4.78 is 4.67. The molecule has 7 nitrogen and oxygen atoms in total. The van der Waals surface area contributed by atoms with E-state index >= 15 is 0 Å². The van der Waals surface area contributed by atoms with Crippen LogP contribution in [0, 0.1) is 0 Å². The summed E-state index contributed by atoms with van der Waals surface area (Å²) in [7, 11) is 3.87. The fraction of sp³-hybridized carbons (Fsp3) is 0.750. The highest BCUT2D eigenvalue weighted by molar-refractivity contribution is 5.81. The molecule has 1 fully saturated rings. The van der Waals surface area contributed by atoms with Gasteiger partial charge < -0.3 is 14.3 Å². The van der Waals surface area contributed by atoms with Gasteiger partial charge in [0.2, 0.25) is 12.3 Å². The quantitative estimate of drug-likeness (QED) is 0.744. The summed E-state index contributed by atoms with van der Waals surface area (Å²) in [5, 5.41) is 3.72. The fourth-order valence-electron chi connectivity index (χ4n) is 2.24. The van der Waals surface area contributed by atoms with Crippen molar-refractivity contribution in [2.75, 3.05) is 40.3 Å². The standard InChI is InChI=1S/C12H21N5O2/c1-10(17-6-4-15(2)5-7-17)12(18)16(3)8-11-13-9-19-14-11/h9-10H,4-8H2,1-3H3. The minimum atomic E-state index is -0.106. The van der Waals surface area contributed by atoms with Gasteiger partial charge in [0.15, 0.2) is 5.82 Å². The van der Waals surface area contributed by atoms with E-state index in [9.17, 15) is 4.79 Å². The van der Waals surface area contributed by atoms with Crippen molar-refractivity contribution in [2.24, 2.45) is 0 Å². The van der Waals surface area contributed by atoms with Crippen molar-refractivity contribution in [3.8, 4) is 0 Å². The van der Waals surface area contributed by atoms with Crippen molar-refractivity contribution in [1.29, 1.82) is 0 Å². The second-order valence-corrected chi connectivity index (χ2v) is 5.06. The monoisotopic (exact) mass is 267 g/mol. The van der Waals surface area contributed by atoms with Gasteiger partial charge in [-0.05, 0) is 14.0 Å². The van der Waals surface area contributed by atoms with E-state index in [1.165, 1.54) is 6.39 Å². The molecule has 0 bridgehead atoms. The summed E-state index contributed by atoms with van der Waals surface area (Å²) in [6, 6.07) is -0.106. The van der Waals surface area contributed by atoms with Gasteiger partial charge >= 0.3 is 0 Å². The second kappa shape index (κ2) is 6.12. The third-order valence-electron chi connectivity index (χ3n) is 3.60. The molecule has 0 spiro atoms. The van der Waals surface area contributed by atoms with Gasteiger partial charge in [-0.15, -0.1) is 0 Å². The van der Waals surface area contributed by atoms with E-state index in [0.717, 1.165) is 26.2 Å². The molecule has 1 aliphatic rings. The molecule has 1 atom stereocenters. The Morgan fingerprint density at radius 3 is 2.74 bits per heavy atom. The number of hydrogen-bond acceptors (Lipinski definition) is 6. The van der Waals surface area contributed by atoms with Gasteiger partial charge in [0.05, 0.1) is 12.6 Å². The van der Waals surface area contributed by atoms with Crippen LogP contribution in [-0.2, 0) is 11.3 Å². The zero-order valence-electron chi connectivity index (χ0n) is 11.7. The molecule has 0 saturated carbocycles. The molecule has 0 aromatic carbocycles. The third kappa shape index (κ3) is 3.51. The van der Waals surface area contributed by atoms with Crippen LogP contribution in [0.15, 0.2) is 10.9 Å². The van der Waals surface area contributed by atoms with Crippen LogP contribution in [0.2, 0.25) is 0 Å². The van der Waals surface area contributed by atoms with Gasteiger partial charge in [-0.3, -0.25) is 9.69 Å². The van der Waals surface area contributed by atoms with Crippen LogP contribution >= 0.6 is 0 Å².